The number of aromatic nitrogens is 4. The van der Waals surface area contributed by atoms with Gasteiger partial charge in [0.25, 0.3) is 0 Å². The second kappa shape index (κ2) is 5.58. The van der Waals surface area contributed by atoms with Crippen LogP contribution in [0.25, 0.3) is 0 Å². The summed E-state index contributed by atoms with van der Waals surface area (Å²) in [5, 5.41) is 3.67. The Hall–Kier alpha value is -1.95. The molecule has 1 saturated carbocycles. The second-order valence-corrected chi connectivity index (χ2v) is 5.20. The quantitative estimate of drug-likeness (QED) is 0.928. The Balaban J connectivity index is 1.77. The fraction of sp³-hybridized carbons (Fsp3) is 0.385. The van der Waals surface area contributed by atoms with Gasteiger partial charge in [-0.15, -0.1) is 0 Å². The monoisotopic (exact) mass is 291 g/mol. The lowest BCUT2D eigenvalue weighted by molar-refractivity contribution is 0.442. The van der Waals surface area contributed by atoms with Crippen molar-refractivity contribution in [2.75, 3.05) is 5.32 Å². The molecule has 1 N–H and O–H groups in total. The van der Waals surface area contributed by atoms with Crippen molar-refractivity contribution < 1.29 is 0 Å². The summed E-state index contributed by atoms with van der Waals surface area (Å²) in [7, 11) is 0. The van der Waals surface area contributed by atoms with E-state index in [0.29, 0.717) is 22.7 Å². The van der Waals surface area contributed by atoms with Crippen LogP contribution in [0.1, 0.15) is 25.0 Å². The fourth-order valence-corrected chi connectivity index (χ4v) is 2.15. The highest BCUT2D eigenvalue weighted by Gasteiger charge is 2.18. The van der Waals surface area contributed by atoms with E-state index in [0.717, 1.165) is 12.8 Å². The van der Waals surface area contributed by atoms with Gasteiger partial charge in [0.2, 0.25) is 5.95 Å². The molecule has 0 aliphatic heterocycles. The van der Waals surface area contributed by atoms with Crippen LogP contribution >= 0.6 is 11.6 Å². The van der Waals surface area contributed by atoms with Crippen molar-refractivity contribution in [2.24, 2.45) is 0 Å². The average Bonchev–Trinajstić information content (AvgIpc) is 2.39. The number of anilines is 1. The van der Waals surface area contributed by atoms with E-state index < -0.39 is 0 Å². The van der Waals surface area contributed by atoms with Gasteiger partial charge in [-0.2, -0.15) is 4.98 Å². The molecular weight excluding hydrogens is 278 g/mol. The first-order chi connectivity index (χ1) is 9.72. The van der Waals surface area contributed by atoms with Gasteiger partial charge in [0.05, 0.1) is 17.3 Å². The largest absolute Gasteiger partial charge is 0.352 e. The minimum Gasteiger partial charge on any atom is -0.351 e. The first-order valence-corrected chi connectivity index (χ1v) is 6.89. The molecule has 0 unspecified atom stereocenters. The molecule has 2 heterocycles. The van der Waals surface area contributed by atoms with Gasteiger partial charge in [0.15, 0.2) is 0 Å². The maximum atomic E-state index is 11.9. The summed E-state index contributed by atoms with van der Waals surface area (Å²) in [4.78, 5) is 24.2. The fourth-order valence-electron chi connectivity index (χ4n) is 1.97. The molecule has 3 rings (SSSR count). The smallest absolute Gasteiger partial charge is 0.351 e. The van der Waals surface area contributed by atoms with E-state index in [1.165, 1.54) is 17.3 Å². The normalized spacial score (nSPS) is 14.8. The molecule has 7 heteroatoms. The van der Waals surface area contributed by atoms with E-state index in [1.54, 1.807) is 18.3 Å². The van der Waals surface area contributed by atoms with E-state index >= 15 is 0 Å². The van der Waals surface area contributed by atoms with Crippen LogP contribution in [0, 0.1) is 0 Å². The molecule has 0 amide bonds. The van der Waals surface area contributed by atoms with Crippen LogP contribution in [-0.4, -0.2) is 25.6 Å². The molecule has 2 aromatic rings. The van der Waals surface area contributed by atoms with Crippen LogP contribution < -0.4 is 11.0 Å². The van der Waals surface area contributed by atoms with Gasteiger partial charge >= 0.3 is 5.69 Å². The summed E-state index contributed by atoms with van der Waals surface area (Å²) in [5.41, 5.74) is 0.267. The first kappa shape index (κ1) is 13.1. The van der Waals surface area contributed by atoms with E-state index in [-0.39, 0.29) is 12.2 Å². The maximum Gasteiger partial charge on any atom is 0.352 e. The molecule has 6 nitrogen and oxygen atoms in total. The zero-order valence-electron chi connectivity index (χ0n) is 10.8. The molecule has 0 atom stereocenters. The van der Waals surface area contributed by atoms with Crippen molar-refractivity contribution in [3.8, 4) is 0 Å². The third-order valence-electron chi connectivity index (χ3n) is 3.36. The van der Waals surface area contributed by atoms with Crippen LogP contribution in [0.3, 0.4) is 0 Å². The van der Waals surface area contributed by atoms with Crippen LogP contribution in [0.4, 0.5) is 5.95 Å². The molecule has 0 bridgehead atoms. The SMILES string of the molecule is O=c1nc(NC2CCC2)ncn1Cc1ncccc1Cl. The van der Waals surface area contributed by atoms with Crippen molar-refractivity contribution >= 4 is 17.5 Å². The Kier molecular flexibility index (Phi) is 3.64. The molecular formula is C13H14ClN5O. The third kappa shape index (κ3) is 2.80. The van der Waals surface area contributed by atoms with E-state index in [9.17, 15) is 4.79 Å². The summed E-state index contributed by atoms with van der Waals surface area (Å²) in [6.45, 7) is 0.266. The van der Waals surface area contributed by atoms with Crippen LogP contribution in [0.2, 0.25) is 5.02 Å². The number of nitrogens with one attached hydrogen (secondary N) is 1. The van der Waals surface area contributed by atoms with Crippen molar-refractivity contribution in [1.82, 2.24) is 19.5 Å². The maximum absolute atomic E-state index is 11.9. The summed E-state index contributed by atoms with van der Waals surface area (Å²) < 4.78 is 1.39. The van der Waals surface area contributed by atoms with E-state index in [2.05, 4.69) is 20.3 Å². The first-order valence-electron chi connectivity index (χ1n) is 6.52. The highest BCUT2D eigenvalue weighted by Crippen LogP contribution is 2.20. The number of nitrogens with zero attached hydrogens (tertiary/aromatic N) is 4. The van der Waals surface area contributed by atoms with Gasteiger partial charge in [-0.3, -0.25) is 9.55 Å². The van der Waals surface area contributed by atoms with E-state index in [4.69, 9.17) is 11.6 Å². The molecule has 20 heavy (non-hydrogen) atoms. The number of halogens is 1. The molecule has 1 fully saturated rings. The predicted octanol–water partition coefficient (Wildman–Crippen LogP) is 1.70. The standard InChI is InChI=1S/C13H14ClN5O/c14-10-5-2-6-15-11(10)7-19-8-16-12(18-13(19)20)17-9-3-1-4-9/h2,5-6,8-9H,1,3-4,7H2,(H,17,18,20). The number of rotatable bonds is 4. The topological polar surface area (TPSA) is 72.7 Å². The average molecular weight is 292 g/mol. The number of hydrogen-bond donors (Lipinski definition) is 1. The molecule has 1 aliphatic rings. The van der Waals surface area contributed by atoms with Gasteiger partial charge in [-0.1, -0.05) is 11.6 Å². The van der Waals surface area contributed by atoms with Gasteiger partial charge in [-0.05, 0) is 31.4 Å². The van der Waals surface area contributed by atoms with Crippen LogP contribution in [-0.2, 0) is 6.54 Å². The van der Waals surface area contributed by atoms with Crippen molar-refractivity contribution in [3.63, 3.8) is 0 Å². The van der Waals surface area contributed by atoms with Gasteiger partial charge in [0.1, 0.15) is 6.33 Å². The molecule has 0 radical (unpaired) electrons. The number of hydrogen-bond acceptors (Lipinski definition) is 5. The minimum absolute atomic E-state index is 0.266. The van der Waals surface area contributed by atoms with Gasteiger partial charge in [-0.25, -0.2) is 9.78 Å². The summed E-state index contributed by atoms with van der Waals surface area (Å²) in [5.74, 6) is 0.392. The Labute approximate surface area is 120 Å². The number of pyridine rings is 1. The lowest BCUT2D eigenvalue weighted by Gasteiger charge is -2.26. The Bertz CT molecular complexity index is 668. The van der Waals surface area contributed by atoms with Crippen molar-refractivity contribution in [1.29, 1.82) is 0 Å². The molecule has 104 valence electrons. The van der Waals surface area contributed by atoms with Crippen LogP contribution in [0.15, 0.2) is 29.5 Å². The van der Waals surface area contributed by atoms with Gasteiger partial charge < -0.3 is 5.32 Å². The molecule has 1 aliphatic carbocycles. The molecule has 0 aromatic carbocycles. The lowest BCUT2D eigenvalue weighted by Crippen LogP contribution is -2.31. The molecule has 2 aromatic heterocycles. The van der Waals surface area contributed by atoms with Gasteiger partial charge in [0, 0.05) is 12.2 Å². The Morgan fingerprint density at radius 2 is 2.25 bits per heavy atom. The summed E-state index contributed by atoms with van der Waals surface area (Å²) in [6, 6.07) is 3.88. The summed E-state index contributed by atoms with van der Waals surface area (Å²) >= 11 is 6.02. The Morgan fingerprint density at radius 3 is 2.90 bits per heavy atom. The lowest BCUT2D eigenvalue weighted by atomic mass is 9.93. The highest BCUT2D eigenvalue weighted by molar-refractivity contribution is 6.31. The highest BCUT2D eigenvalue weighted by atomic mass is 35.5. The molecule has 0 saturated heterocycles. The predicted molar refractivity (Wildman–Crippen MR) is 75.9 cm³/mol. The van der Waals surface area contributed by atoms with Crippen molar-refractivity contribution in [3.05, 3.63) is 45.9 Å². The second-order valence-electron chi connectivity index (χ2n) is 4.79. The third-order valence-corrected chi connectivity index (χ3v) is 3.70. The van der Waals surface area contributed by atoms with E-state index in [1.807, 2.05) is 0 Å². The minimum atomic E-state index is -0.358. The Morgan fingerprint density at radius 1 is 1.40 bits per heavy atom. The zero-order valence-corrected chi connectivity index (χ0v) is 11.5. The van der Waals surface area contributed by atoms with Crippen LogP contribution in [0.5, 0.6) is 0 Å². The van der Waals surface area contributed by atoms with Crippen molar-refractivity contribution in [2.45, 2.75) is 31.8 Å². The molecule has 0 spiro atoms. The summed E-state index contributed by atoms with van der Waals surface area (Å²) in [6.07, 6.45) is 6.54. The zero-order chi connectivity index (χ0) is 13.9.